The monoisotopic (exact) mass is 407 g/mol. The summed E-state index contributed by atoms with van der Waals surface area (Å²) in [5.41, 5.74) is 0.299. The topological polar surface area (TPSA) is 46.2 Å². The molecule has 134 valence electrons. The maximum Gasteiger partial charge on any atom is 0.398 e. The van der Waals surface area contributed by atoms with E-state index >= 15 is 0 Å². The smallest absolute Gasteiger partial charge is 0.325 e. The van der Waals surface area contributed by atoms with Gasteiger partial charge < -0.3 is 5.32 Å². The van der Waals surface area contributed by atoms with Crippen molar-refractivity contribution in [1.82, 2.24) is 0 Å². The summed E-state index contributed by atoms with van der Waals surface area (Å²) in [5, 5.41) is 2.56. The number of thioether (sulfide) groups is 1. The predicted molar refractivity (Wildman–Crippen MR) is 94.7 cm³/mol. The van der Waals surface area contributed by atoms with Crippen molar-refractivity contribution < 1.29 is 22.8 Å². The van der Waals surface area contributed by atoms with E-state index in [1.54, 1.807) is 24.3 Å². The number of nitrogens with one attached hydrogen (secondary N) is 1. The second kappa shape index (κ2) is 8.73. The summed E-state index contributed by atoms with van der Waals surface area (Å²) in [6.07, 6.45) is -4.36. The van der Waals surface area contributed by atoms with Crippen molar-refractivity contribution in [3.05, 3.63) is 45.6 Å². The zero-order chi connectivity index (χ0) is 18.4. The van der Waals surface area contributed by atoms with E-state index in [1.165, 1.54) is 12.1 Å². The summed E-state index contributed by atoms with van der Waals surface area (Å²) in [5.74, 6) is -1.68. The van der Waals surface area contributed by atoms with Gasteiger partial charge in [0.2, 0.25) is 5.91 Å². The first kappa shape index (κ1) is 19.8. The van der Waals surface area contributed by atoms with Gasteiger partial charge in [-0.2, -0.15) is 13.2 Å². The van der Waals surface area contributed by atoms with Crippen LogP contribution in [0.25, 0.3) is 0 Å². The van der Waals surface area contributed by atoms with Gasteiger partial charge in [0.05, 0.1) is 20.7 Å². The van der Waals surface area contributed by atoms with Gasteiger partial charge in [-0.1, -0.05) is 23.7 Å². The number of benzene rings is 1. The maximum atomic E-state index is 12.4. The van der Waals surface area contributed by atoms with Gasteiger partial charge in [-0.05, 0) is 24.3 Å². The molecule has 25 heavy (non-hydrogen) atoms. The molecule has 2 rings (SSSR count). The predicted octanol–water partition coefficient (Wildman–Crippen LogP) is 5.66. The molecule has 1 aromatic carbocycles. The molecule has 1 heterocycles. The van der Waals surface area contributed by atoms with Gasteiger partial charge in [-0.25, -0.2) is 0 Å². The van der Waals surface area contributed by atoms with Crippen LogP contribution in [-0.4, -0.2) is 23.6 Å². The fourth-order valence-corrected chi connectivity index (χ4v) is 3.66. The Morgan fingerprint density at radius 1 is 1.12 bits per heavy atom. The lowest BCUT2D eigenvalue weighted by molar-refractivity contribution is -0.116. The molecular formula is C16H13ClF3NO2S2. The molecule has 2 aromatic rings. The first-order valence-electron chi connectivity index (χ1n) is 7.11. The highest BCUT2D eigenvalue weighted by molar-refractivity contribution is 7.99. The quantitative estimate of drug-likeness (QED) is 0.476. The molecule has 1 amide bonds. The Balaban J connectivity index is 1.91. The van der Waals surface area contributed by atoms with Crippen LogP contribution < -0.4 is 5.32 Å². The molecule has 0 aliphatic rings. The van der Waals surface area contributed by atoms with Crippen molar-refractivity contribution in [3.8, 4) is 0 Å². The number of carbonyl (C=O) groups excluding carboxylic acids is 2. The van der Waals surface area contributed by atoms with Crippen LogP contribution in [0.1, 0.15) is 22.5 Å². The lowest BCUT2D eigenvalue weighted by Crippen LogP contribution is -2.14. The van der Waals surface area contributed by atoms with Crippen LogP contribution in [0.4, 0.5) is 18.9 Å². The van der Waals surface area contributed by atoms with Gasteiger partial charge in [-0.15, -0.1) is 23.1 Å². The van der Waals surface area contributed by atoms with E-state index in [-0.39, 0.29) is 18.6 Å². The number of para-hydroxylation sites is 1. The van der Waals surface area contributed by atoms with Gasteiger partial charge in [0.25, 0.3) is 0 Å². The van der Waals surface area contributed by atoms with Gasteiger partial charge >= 0.3 is 6.18 Å². The van der Waals surface area contributed by atoms with E-state index in [0.29, 0.717) is 31.6 Å². The molecule has 9 heteroatoms. The van der Waals surface area contributed by atoms with Crippen LogP contribution in [0.3, 0.4) is 0 Å². The maximum absolute atomic E-state index is 12.4. The number of halogens is 4. The van der Waals surface area contributed by atoms with Gasteiger partial charge in [0.15, 0.2) is 5.78 Å². The van der Waals surface area contributed by atoms with Crippen molar-refractivity contribution in [2.75, 3.05) is 11.1 Å². The Labute approximate surface area is 155 Å². The number of rotatable bonds is 7. The van der Waals surface area contributed by atoms with Gasteiger partial charge in [0, 0.05) is 17.7 Å². The summed E-state index contributed by atoms with van der Waals surface area (Å²) in [6.45, 7) is 0. The molecule has 0 radical (unpaired) electrons. The van der Waals surface area contributed by atoms with E-state index in [0.717, 1.165) is 11.3 Å². The molecule has 3 nitrogen and oxygen atoms in total. The van der Waals surface area contributed by atoms with E-state index < -0.39 is 17.8 Å². The largest absolute Gasteiger partial charge is 0.398 e. The number of amides is 1. The third kappa shape index (κ3) is 6.72. The zero-order valence-corrected chi connectivity index (χ0v) is 15.1. The zero-order valence-electron chi connectivity index (χ0n) is 12.7. The second-order valence-electron chi connectivity index (χ2n) is 4.98. The summed E-state index contributed by atoms with van der Waals surface area (Å²) < 4.78 is 37.6. The highest BCUT2D eigenvalue weighted by atomic mass is 35.5. The molecule has 0 saturated carbocycles. The Morgan fingerprint density at radius 2 is 1.84 bits per heavy atom. The number of anilines is 1. The highest BCUT2D eigenvalue weighted by Crippen LogP contribution is 2.32. The number of Topliss-reactive ketones (excluding diaryl/α,β-unsaturated/α-hetero) is 1. The number of thiophene rings is 1. The van der Waals surface area contributed by atoms with Crippen LogP contribution >= 0.6 is 34.7 Å². The molecule has 1 N–H and O–H groups in total. The second-order valence-corrected chi connectivity index (χ2v) is 7.71. The highest BCUT2D eigenvalue weighted by Gasteiger charge is 2.27. The van der Waals surface area contributed by atoms with E-state index in [1.807, 2.05) is 0 Å². The first-order chi connectivity index (χ1) is 11.7. The lowest BCUT2D eigenvalue weighted by atomic mass is 10.2. The standard InChI is InChI=1S/C16H13ClF3NO2S2/c17-14-7-6-13(25-14)11(22)5-8-15(23)21-10-3-1-2-4-12(10)24-9-16(18,19)20/h1-4,6-7H,5,8-9H2,(H,21,23). The number of alkyl halides is 3. The van der Waals surface area contributed by atoms with E-state index in [4.69, 9.17) is 11.6 Å². The summed E-state index contributed by atoms with van der Waals surface area (Å²) in [4.78, 5) is 24.7. The molecule has 0 aliphatic heterocycles. The molecule has 0 aliphatic carbocycles. The molecule has 0 saturated heterocycles. The molecule has 1 aromatic heterocycles. The van der Waals surface area contributed by atoms with Crippen LogP contribution in [0, 0.1) is 0 Å². The fourth-order valence-electron chi connectivity index (χ4n) is 1.88. The minimum Gasteiger partial charge on any atom is -0.325 e. The normalized spacial score (nSPS) is 11.4. The van der Waals surface area contributed by atoms with Crippen molar-refractivity contribution in [1.29, 1.82) is 0 Å². The number of hydrogen-bond acceptors (Lipinski definition) is 4. The van der Waals surface area contributed by atoms with Crippen LogP contribution in [-0.2, 0) is 4.79 Å². The summed E-state index contributed by atoms with van der Waals surface area (Å²) in [7, 11) is 0. The van der Waals surface area contributed by atoms with Crippen molar-refractivity contribution in [2.24, 2.45) is 0 Å². The average molecular weight is 408 g/mol. The minimum atomic E-state index is -4.30. The van der Waals surface area contributed by atoms with Crippen LogP contribution in [0.15, 0.2) is 41.3 Å². The molecule has 0 unspecified atom stereocenters. The van der Waals surface area contributed by atoms with Crippen LogP contribution in [0.2, 0.25) is 4.34 Å². The van der Waals surface area contributed by atoms with E-state index in [9.17, 15) is 22.8 Å². The van der Waals surface area contributed by atoms with Crippen LogP contribution in [0.5, 0.6) is 0 Å². The van der Waals surface area contributed by atoms with Crippen molar-refractivity contribution in [3.63, 3.8) is 0 Å². The van der Waals surface area contributed by atoms with Gasteiger partial charge in [0.1, 0.15) is 0 Å². The SMILES string of the molecule is O=C(CCC(=O)c1ccc(Cl)s1)Nc1ccccc1SCC(F)(F)F. The average Bonchev–Trinajstić information content (AvgIpc) is 2.97. The number of carbonyl (C=O) groups is 2. The first-order valence-corrected chi connectivity index (χ1v) is 9.29. The Morgan fingerprint density at radius 3 is 2.48 bits per heavy atom. The molecular weight excluding hydrogens is 395 g/mol. The molecule has 0 bridgehead atoms. The van der Waals surface area contributed by atoms with Gasteiger partial charge in [-0.3, -0.25) is 9.59 Å². The Hall–Kier alpha value is -1.51. The third-order valence-corrected chi connectivity index (χ3v) is 5.39. The number of hydrogen-bond donors (Lipinski definition) is 1. The Bertz CT molecular complexity index is 762. The molecule has 0 fully saturated rings. The van der Waals surface area contributed by atoms with E-state index in [2.05, 4.69) is 5.32 Å². The lowest BCUT2D eigenvalue weighted by Gasteiger charge is -2.11. The molecule has 0 spiro atoms. The summed E-state index contributed by atoms with van der Waals surface area (Å²) in [6, 6.07) is 9.44. The Kier molecular flexibility index (Phi) is 6.92. The van der Waals surface area contributed by atoms with Crippen molar-refractivity contribution in [2.45, 2.75) is 23.9 Å². The number of ketones is 1. The minimum absolute atomic E-state index is 0.000532. The molecule has 0 atom stereocenters. The fraction of sp³-hybridized carbons (Fsp3) is 0.250. The van der Waals surface area contributed by atoms with Crippen molar-refractivity contribution >= 4 is 52.1 Å². The third-order valence-electron chi connectivity index (χ3n) is 2.98. The summed E-state index contributed by atoms with van der Waals surface area (Å²) >= 11 is 7.50.